The topological polar surface area (TPSA) is 78.3 Å². The summed E-state index contributed by atoms with van der Waals surface area (Å²) in [5.41, 5.74) is 1.43. The first-order valence-electron chi connectivity index (χ1n) is 9.85. The van der Waals surface area contributed by atoms with E-state index in [0.29, 0.717) is 45.2 Å². The zero-order valence-corrected chi connectivity index (χ0v) is 19.7. The lowest BCUT2D eigenvalue weighted by atomic mass is 10.0. The second-order valence-corrected chi connectivity index (χ2v) is 8.44. The average Bonchev–Trinajstić information content (AvgIpc) is 3.17. The summed E-state index contributed by atoms with van der Waals surface area (Å²) in [5.74, 6) is 1.71. The molecule has 0 radical (unpaired) electrons. The molecule has 7 nitrogen and oxygen atoms in total. The van der Waals surface area contributed by atoms with Gasteiger partial charge in [0, 0.05) is 17.8 Å². The average molecular weight is 473 g/mol. The van der Waals surface area contributed by atoms with Crippen LogP contribution in [-0.4, -0.2) is 40.6 Å². The van der Waals surface area contributed by atoms with Gasteiger partial charge in [0.15, 0.2) is 22.5 Å². The third kappa shape index (κ3) is 5.63. The quantitative estimate of drug-likeness (QED) is 0.441. The number of nitrogens with zero attached hydrogens (tertiary/aromatic N) is 3. The van der Waals surface area contributed by atoms with Crippen LogP contribution in [0.15, 0.2) is 65.3 Å². The number of hydrogen-bond donors (Lipinski definition) is 1. The van der Waals surface area contributed by atoms with Crippen LogP contribution in [0, 0.1) is 0 Å². The molecule has 3 aromatic rings. The van der Waals surface area contributed by atoms with Crippen molar-refractivity contribution in [3.63, 3.8) is 0 Å². The van der Waals surface area contributed by atoms with Crippen molar-refractivity contribution in [1.29, 1.82) is 0 Å². The fourth-order valence-corrected chi connectivity index (χ4v) is 4.09. The van der Waals surface area contributed by atoms with Crippen molar-refractivity contribution < 1.29 is 14.3 Å². The van der Waals surface area contributed by atoms with Gasteiger partial charge in [0.25, 0.3) is 5.91 Å². The molecule has 1 heterocycles. The zero-order valence-electron chi connectivity index (χ0n) is 18.2. The number of carbonyl (C=O) groups excluding carboxylic acids is 1. The smallest absolute Gasteiger partial charge is 0.255 e. The molecular weight excluding hydrogens is 448 g/mol. The molecule has 1 atom stereocenters. The third-order valence-corrected chi connectivity index (χ3v) is 6.17. The Morgan fingerprint density at radius 3 is 2.56 bits per heavy atom. The Bertz CT molecular complexity index is 1090. The molecule has 3 rings (SSSR count). The molecule has 9 heteroatoms. The molecule has 0 aliphatic rings. The monoisotopic (exact) mass is 472 g/mol. The van der Waals surface area contributed by atoms with Crippen LogP contribution >= 0.6 is 23.4 Å². The largest absolute Gasteiger partial charge is 0.493 e. The van der Waals surface area contributed by atoms with E-state index in [2.05, 4.69) is 22.1 Å². The molecule has 0 bridgehead atoms. The van der Waals surface area contributed by atoms with E-state index in [0.717, 1.165) is 5.56 Å². The van der Waals surface area contributed by atoms with Crippen molar-refractivity contribution >= 4 is 29.3 Å². The summed E-state index contributed by atoms with van der Waals surface area (Å²) < 4.78 is 12.6. The van der Waals surface area contributed by atoms with E-state index in [1.807, 2.05) is 41.9 Å². The standard InChI is InChI=1S/C23H25ClN4O3S/c1-15(24)14-32-23-27-26-21(28(23)2)18(13-16-9-6-5-7-10-16)25-22(29)17-11-8-12-19(30-3)20(17)31-4/h5-12,18H,1,13-14H2,2-4H3,(H,25,29). The van der Waals surface area contributed by atoms with Crippen LogP contribution in [0.4, 0.5) is 0 Å². The van der Waals surface area contributed by atoms with Gasteiger partial charge >= 0.3 is 0 Å². The predicted molar refractivity (Wildman–Crippen MR) is 127 cm³/mol. The van der Waals surface area contributed by atoms with E-state index in [9.17, 15) is 4.79 Å². The number of carbonyl (C=O) groups is 1. The first-order valence-corrected chi connectivity index (χ1v) is 11.2. The van der Waals surface area contributed by atoms with E-state index in [-0.39, 0.29) is 5.91 Å². The van der Waals surface area contributed by atoms with Crippen LogP contribution in [0.25, 0.3) is 0 Å². The highest BCUT2D eigenvalue weighted by Gasteiger charge is 2.25. The number of methoxy groups -OCH3 is 2. The van der Waals surface area contributed by atoms with Crippen LogP contribution in [0.5, 0.6) is 11.5 Å². The van der Waals surface area contributed by atoms with Crippen LogP contribution in [0.2, 0.25) is 0 Å². The number of rotatable bonds is 10. The number of amides is 1. The van der Waals surface area contributed by atoms with Crippen LogP contribution < -0.4 is 14.8 Å². The van der Waals surface area contributed by atoms with Gasteiger partial charge in [-0.1, -0.05) is 66.3 Å². The van der Waals surface area contributed by atoms with Gasteiger partial charge < -0.3 is 19.4 Å². The van der Waals surface area contributed by atoms with Gasteiger partial charge in [-0.05, 0) is 24.1 Å². The van der Waals surface area contributed by atoms with E-state index < -0.39 is 6.04 Å². The fourth-order valence-electron chi connectivity index (χ4n) is 3.26. The summed E-state index contributed by atoms with van der Waals surface area (Å²) in [5, 5.41) is 12.9. The minimum absolute atomic E-state index is 0.298. The number of ether oxygens (including phenoxy) is 2. The lowest BCUT2D eigenvalue weighted by Crippen LogP contribution is -2.32. The Morgan fingerprint density at radius 2 is 1.91 bits per heavy atom. The molecule has 1 aromatic heterocycles. The second-order valence-electron chi connectivity index (χ2n) is 6.96. The number of benzene rings is 2. The van der Waals surface area contributed by atoms with Gasteiger partial charge in [-0.2, -0.15) is 0 Å². The van der Waals surface area contributed by atoms with Crippen molar-refractivity contribution in [2.24, 2.45) is 7.05 Å². The van der Waals surface area contributed by atoms with Crippen LogP contribution in [0.3, 0.4) is 0 Å². The lowest BCUT2D eigenvalue weighted by Gasteiger charge is -2.20. The maximum absolute atomic E-state index is 13.3. The summed E-state index contributed by atoms with van der Waals surface area (Å²) in [6.07, 6.45) is 0.539. The highest BCUT2D eigenvalue weighted by Crippen LogP contribution is 2.31. The number of hydrogen-bond acceptors (Lipinski definition) is 6. The molecule has 2 aromatic carbocycles. The zero-order chi connectivity index (χ0) is 23.1. The molecule has 32 heavy (non-hydrogen) atoms. The summed E-state index contributed by atoms with van der Waals surface area (Å²) in [4.78, 5) is 13.3. The van der Waals surface area contributed by atoms with Gasteiger partial charge in [0.1, 0.15) is 0 Å². The maximum Gasteiger partial charge on any atom is 0.255 e. The summed E-state index contributed by atoms with van der Waals surface area (Å²) >= 11 is 7.33. The molecule has 0 saturated carbocycles. The van der Waals surface area contributed by atoms with Gasteiger partial charge in [0.05, 0.1) is 25.8 Å². The molecule has 0 spiro atoms. The van der Waals surface area contributed by atoms with Crippen molar-refractivity contribution in [1.82, 2.24) is 20.1 Å². The Morgan fingerprint density at radius 1 is 1.16 bits per heavy atom. The van der Waals surface area contributed by atoms with Crippen molar-refractivity contribution in [3.05, 3.63) is 77.1 Å². The van der Waals surface area contributed by atoms with E-state index in [1.165, 1.54) is 26.0 Å². The lowest BCUT2D eigenvalue weighted by molar-refractivity contribution is 0.0930. The molecule has 168 valence electrons. The first kappa shape index (κ1) is 23.7. The summed E-state index contributed by atoms with van der Waals surface area (Å²) in [6, 6.07) is 14.7. The van der Waals surface area contributed by atoms with Crippen molar-refractivity contribution in [3.8, 4) is 11.5 Å². The van der Waals surface area contributed by atoms with Crippen molar-refractivity contribution in [2.75, 3.05) is 20.0 Å². The number of thioether (sulfide) groups is 1. The van der Waals surface area contributed by atoms with Crippen LogP contribution in [0.1, 0.15) is 27.8 Å². The van der Waals surface area contributed by atoms with Crippen molar-refractivity contribution in [2.45, 2.75) is 17.6 Å². The molecule has 0 fully saturated rings. The normalized spacial score (nSPS) is 11.6. The SMILES string of the molecule is C=C(Cl)CSc1nnc(C(Cc2ccccc2)NC(=O)c2cccc(OC)c2OC)n1C. The van der Waals surface area contributed by atoms with Gasteiger partial charge in [-0.3, -0.25) is 4.79 Å². The Labute approximate surface area is 196 Å². The maximum atomic E-state index is 13.3. The molecule has 0 aliphatic heterocycles. The second kappa shape index (κ2) is 11.1. The fraction of sp³-hybridized carbons (Fsp3) is 0.261. The number of para-hydroxylation sites is 1. The molecule has 1 unspecified atom stereocenters. The number of aromatic nitrogens is 3. The Kier molecular flexibility index (Phi) is 8.19. The number of halogens is 1. The highest BCUT2D eigenvalue weighted by atomic mass is 35.5. The Hall–Kier alpha value is -2.97. The summed E-state index contributed by atoms with van der Waals surface area (Å²) in [7, 11) is 4.91. The molecular formula is C23H25ClN4O3S. The molecule has 0 aliphatic carbocycles. The number of nitrogens with one attached hydrogen (secondary N) is 1. The van der Waals surface area contributed by atoms with Crippen LogP contribution in [-0.2, 0) is 13.5 Å². The highest BCUT2D eigenvalue weighted by molar-refractivity contribution is 7.99. The molecule has 1 amide bonds. The van der Waals surface area contributed by atoms with Gasteiger partial charge in [0.2, 0.25) is 0 Å². The Balaban J connectivity index is 1.93. The first-order chi connectivity index (χ1) is 15.4. The molecule has 0 saturated heterocycles. The van der Waals surface area contributed by atoms with E-state index >= 15 is 0 Å². The molecule has 1 N–H and O–H groups in total. The van der Waals surface area contributed by atoms with Gasteiger partial charge in [-0.25, -0.2) is 0 Å². The summed E-state index contributed by atoms with van der Waals surface area (Å²) in [6.45, 7) is 3.71. The minimum Gasteiger partial charge on any atom is -0.493 e. The van der Waals surface area contributed by atoms with E-state index in [4.69, 9.17) is 21.1 Å². The van der Waals surface area contributed by atoms with Gasteiger partial charge in [-0.15, -0.1) is 10.2 Å². The predicted octanol–water partition coefficient (Wildman–Crippen LogP) is 4.39. The minimum atomic E-state index is -0.424. The van der Waals surface area contributed by atoms with E-state index in [1.54, 1.807) is 18.2 Å². The third-order valence-electron chi connectivity index (χ3n) is 4.77.